The van der Waals surface area contributed by atoms with E-state index < -0.39 is 6.04 Å². The van der Waals surface area contributed by atoms with E-state index in [1.54, 1.807) is 29.2 Å². The van der Waals surface area contributed by atoms with E-state index in [0.29, 0.717) is 46.9 Å². The maximum atomic E-state index is 13.8. The third kappa shape index (κ3) is 4.20. The van der Waals surface area contributed by atoms with Crippen LogP contribution in [-0.2, 0) is 6.61 Å². The van der Waals surface area contributed by atoms with Gasteiger partial charge in [-0.3, -0.25) is 14.5 Å². The normalized spacial score (nSPS) is 14.5. The molecule has 0 radical (unpaired) electrons. The Labute approximate surface area is 219 Å². The van der Waals surface area contributed by atoms with Gasteiger partial charge < -0.3 is 13.9 Å². The summed E-state index contributed by atoms with van der Waals surface area (Å²) in [7, 11) is 0. The second-order valence-corrected chi connectivity index (χ2v) is 9.02. The summed E-state index contributed by atoms with van der Waals surface area (Å²) in [4.78, 5) is 29.2. The van der Waals surface area contributed by atoms with Crippen LogP contribution in [0.15, 0.2) is 112 Å². The fourth-order valence-electron chi connectivity index (χ4n) is 4.89. The lowest BCUT2D eigenvalue weighted by Gasteiger charge is -2.25. The molecule has 0 aliphatic carbocycles. The van der Waals surface area contributed by atoms with Gasteiger partial charge in [0.05, 0.1) is 23.6 Å². The van der Waals surface area contributed by atoms with Crippen molar-refractivity contribution < 1.29 is 18.7 Å². The number of rotatable bonds is 7. The van der Waals surface area contributed by atoms with Crippen LogP contribution in [0.5, 0.6) is 11.5 Å². The number of anilines is 1. The lowest BCUT2D eigenvalue weighted by molar-refractivity contribution is 0.0971. The van der Waals surface area contributed by atoms with Crippen LogP contribution in [-0.4, -0.2) is 12.5 Å². The minimum atomic E-state index is -0.684. The molecule has 0 saturated carbocycles. The molecule has 2 heterocycles. The van der Waals surface area contributed by atoms with Crippen molar-refractivity contribution in [1.82, 2.24) is 0 Å². The molecule has 0 bridgehead atoms. The van der Waals surface area contributed by atoms with Crippen LogP contribution < -0.4 is 19.8 Å². The van der Waals surface area contributed by atoms with E-state index in [1.165, 1.54) is 0 Å². The molecule has 1 atom stereocenters. The van der Waals surface area contributed by atoms with E-state index in [1.807, 2.05) is 85.8 Å². The highest BCUT2D eigenvalue weighted by atomic mass is 16.5. The van der Waals surface area contributed by atoms with E-state index in [9.17, 15) is 9.59 Å². The standard InChI is InChI=1S/C32H25NO5/c1-2-36-24-17-15-23(16-18-24)33-29(22-11-8-12-25(19-22)37-20-21-9-4-3-5-10-21)28-30(34)26-13-6-7-14-27(26)38-31(28)32(33)35/h3-19,29H,2,20H2,1H3. The average Bonchev–Trinajstić information content (AvgIpc) is 3.25. The van der Waals surface area contributed by atoms with E-state index in [0.717, 1.165) is 11.1 Å². The molecule has 1 amide bonds. The Kier molecular flexibility index (Phi) is 6.14. The predicted octanol–water partition coefficient (Wildman–Crippen LogP) is 6.52. The number of para-hydroxylation sites is 1. The SMILES string of the molecule is CCOc1ccc(N2C(=O)c3oc4ccccc4c(=O)c3C2c2cccc(OCc3ccccc3)c2)cc1. The van der Waals surface area contributed by atoms with Gasteiger partial charge in [-0.2, -0.15) is 0 Å². The number of benzene rings is 4. The van der Waals surface area contributed by atoms with Gasteiger partial charge in [-0.05, 0) is 66.6 Å². The molecule has 1 aliphatic rings. The molecule has 1 unspecified atom stereocenters. The Morgan fingerprint density at radius 3 is 2.34 bits per heavy atom. The largest absolute Gasteiger partial charge is 0.494 e. The van der Waals surface area contributed by atoms with E-state index in [2.05, 4.69) is 0 Å². The zero-order valence-corrected chi connectivity index (χ0v) is 20.8. The Morgan fingerprint density at radius 1 is 0.789 bits per heavy atom. The maximum Gasteiger partial charge on any atom is 0.295 e. The van der Waals surface area contributed by atoms with E-state index >= 15 is 0 Å². The number of carbonyl (C=O) groups is 1. The van der Waals surface area contributed by atoms with Crippen molar-refractivity contribution in [3.63, 3.8) is 0 Å². The van der Waals surface area contributed by atoms with Gasteiger partial charge in [0.1, 0.15) is 23.7 Å². The second kappa shape index (κ2) is 9.90. The molecule has 1 aromatic heterocycles. The van der Waals surface area contributed by atoms with Crippen LogP contribution in [0.25, 0.3) is 11.0 Å². The number of hydrogen-bond acceptors (Lipinski definition) is 5. The molecule has 0 spiro atoms. The summed E-state index contributed by atoms with van der Waals surface area (Å²) in [6, 6.07) is 31.0. The fraction of sp³-hybridized carbons (Fsp3) is 0.125. The molecule has 0 fully saturated rings. The zero-order chi connectivity index (χ0) is 26.1. The number of ether oxygens (including phenoxy) is 2. The van der Waals surface area contributed by atoms with Crippen molar-refractivity contribution in [2.45, 2.75) is 19.6 Å². The summed E-state index contributed by atoms with van der Waals surface area (Å²) in [5, 5.41) is 0.439. The van der Waals surface area contributed by atoms with Gasteiger partial charge >= 0.3 is 0 Å². The molecule has 6 heteroatoms. The molecule has 0 saturated heterocycles. The van der Waals surface area contributed by atoms with Crippen molar-refractivity contribution in [1.29, 1.82) is 0 Å². The highest BCUT2D eigenvalue weighted by Gasteiger charge is 2.43. The van der Waals surface area contributed by atoms with Crippen molar-refractivity contribution in [2.75, 3.05) is 11.5 Å². The lowest BCUT2D eigenvalue weighted by Crippen LogP contribution is -2.29. The molecule has 4 aromatic carbocycles. The van der Waals surface area contributed by atoms with Gasteiger partial charge in [0, 0.05) is 5.69 Å². The first-order valence-electron chi connectivity index (χ1n) is 12.5. The first kappa shape index (κ1) is 23.6. The molecule has 188 valence electrons. The molecular weight excluding hydrogens is 478 g/mol. The first-order valence-corrected chi connectivity index (χ1v) is 12.5. The van der Waals surface area contributed by atoms with E-state index in [4.69, 9.17) is 13.9 Å². The van der Waals surface area contributed by atoms with Crippen LogP contribution in [0.1, 0.15) is 40.2 Å². The molecule has 6 rings (SSSR count). The number of fused-ring (bicyclic) bond motifs is 2. The third-order valence-electron chi connectivity index (χ3n) is 6.63. The summed E-state index contributed by atoms with van der Waals surface area (Å²) < 4.78 is 17.7. The minimum Gasteiger partial charge on any atom is -0.494 e. The Morgan fingerprint density at radius 2 is 1.55 bits per heavy atom. The number of amides is 1. The van der Waals surface area contributed by atoms with Gasteiger partial charge in [-0.25, -0.2) is 0 Å². The Hall–Kier alpha value is -4.84. The van der Waals surface area contributed by atoms with Gasteiger partial charge in [0.25, 0.3) is 5.91 Å². The van der Waals surface area contributed by atoms with Gasteiger partial charge in [0.15, 0.2) is 5.43 Å². The molecule has 5 aromatic rings. The number of carbonyl (C=O) groups excluding carboxylic acids is 1. The van der Waals surface area contributed by atoms with Crippen LogP contribution >= 0.6 is 0 Å². The van der Waals surface area contributed by atoms with Crippen LogP contribution in [0.3, 0.4) is 0 Å². The zero-order valence-electron chi connectivity index (χ0n) is 20.8. The van der Waals surface area contributed by atoms with Gasteiger partial charge in [-0.15, -0.1) is 0 Å². The molecule has 38 heavy (non-hydrogen) atoms. The monoisotopic (exact) mass is 503 g/mol. The van der Waals surface area contributed by atoms with Crippen molar-refractivity contribution in [2.24, 2.45) is 0 Å². The molecule has 6 nitrogen and oxygen atoms in total. The van der Waals surface area contributed by atoms with Crippen LogP contribution in [0.4, 0.5) is 5.69 Å². The summed E-state index contributed by atoms with van der Waals surface area (Å²) in [5.41, 5.74) is 2.92. The minimum absolute atomic E-state index is 0.0585. The number of nitrogens with zero attached hydrogens (tertiary/aromatic N) is 1. The van der Waals surface area contributed by atoms with Crippen molar-refractivity contribution >= 4 is 22.6 Å². The average molecular weight is 504 g/mol. The van der Waals surface area contributed by atoms with E-state index in [-0.39, 0.29) is 17.1 Å². The second-order valence-electron chi connectivity index (χ2n) is 9.02. The summed E-state index contributed by atoms with van der Waals surface area (Å²) in [6.45, 7) is 2.86. The quantitative estimate of drug-likeness (QED) is 0.253. The van der Waals surface area contributed by atoms with Gasteiger partial charge in [-0.1, -0.05) is 54.6 Å². The third-order valence-corrected chi connectivity index (χ3v) is 6.63. The topological polar surface area (TPSA) is 69.0 Å². The summed E-state index contributed by atoms with van der Waals surface area (Å²) in [5.74, 6) is 1.04. The first-order chi connectivity index (χ1) is 18.6. The predicted molar refractivity (Wildman–Crippen MR) is 146 cm³/mol. The lowest BCUT2D eigenvalue weighted by atomic mass is 9.98. The highest BCUT2D eigenvalue weighted by Crippen LogP contribution is 2.42. The summed E-state index contributed by atoms with van der Waals surface area (Å²) >= 11 is 0. The molecule has 0 N–H and O–H groups in total. The maximum absolute atomic E-state index is 13.8. The Bertz CT molecular complexity index is 1670. The fourth-order valence-corrected chi connectivity index (χ4v) is 4.89. The molecule has 1 aliphatic heterocycles. The number of hydrogen-bond donors (Lipinski definition) is 0. The molecular formula is C32H25NO5. The van der Waals surface area contributed by atoms with Crippen molar-refractivity contribution in [3.8, 4) is 11.5 Å². The highest BCUT2D eigenvalue weighted by molar-refractivity contribution is 6.10. The summed E-state index contributed by atoms with van der Waals surface area (Å²) in [6.07, 6.45) is 0. The smallest absolute Gasteiger partial charge is 0.295 e. The Balaban J connectivity index is 1.46. The van der Waals surface area contributed by atoms with Gasteiger partial charge in [0.2, 0.25) is 5.76 Å². The van der Waals surface area contributed by atoms with Crippen LogP contribution in [0, 0.1) is 0 Å². The van der Waals surface area contributed by atoms with Crippen molar-refractivity contribution in [3.05, 3.63) is 136 Å². The van der Waals surface area contributed by atoms with Crippen LogP contribution in [0.2, 0.25) is 0 Å².